The van der Waals surface area contributed by atoms with Crippen molar-refractivity contribution in [2.75, 3.05) is 0 Å². The third kappa shape index (κ3) is 11.4. The summed E-state index contributed by atoms with van der Waals surface area (Å²) in [6, 6.07) is 40.7. The Balaban J connectivity index is 0.000000229. The molecule has 6 rings (SSSR count). The number of fused-ring (bicyclic) bond motifs is 2. The van der Waals surface area contributed by atoms with Crippen LogP contribution in [0.3, 0.4) is 0 Å². The van der Waals surface area contributed by atoms with E-state index in [9.17, 15) is 0 Å². The van der Waals surface area contributed by atoms with E-state index in [1.165, 1.54) is 72.5 Å². The zero-order chi connectivity index (χ0) is 36.1. The molecule has 1 atom stereocenters. The fourth-order valence-electron chi connectivity index (χ4n) is 5.97. The summed E-state index contributed by atoms with van der Waals surface area (Å²) in [5, 5.41) is 5.46. The van der Waals surface area contributed by atoms with Gasteiger partial charge in [0, 0.05) is 9.52 Å². The first-order valence-electron chi connectivity index (χ1n) is 17.6. The molecule has 0 N–H and O–H groups in total. The van der Waals surface area contributed by atoms with Crippen molar-refractivity contribution in [3.8, 4) is 22.3 Å². The molecule has 0 saturated heterocycles. The van der Waals surface area contributed by atoms with Crippen LogP contribution >= 0.6 is 17.0 Å². The van der Waals surface area contributed by atoms with Crippen LogP contribution in [0.25, 0.3) is 43.8 Å². The van der Waals surface area contributed by atoms with Crippen LogP contribution in [0.4, 0.5) is 0 Å². The van der Waals surface area contributed by atoms with Crippen molar-refractivity contribution >= 4 is 48.1 Å². The first kappa shape index (κ1) is 41.2. The Morgan fingerprint density at radius 3 is 1.61 bits per heavy atom. The van der Waals surface area contributed by atoms with Crippen LogP contribution in [-0.4, -0.2) is 9.52 Å². The Morgan fingerprint density at radius 2 is 1.16 bits per heavy atom. The van der Waals surface area contributed by atoms with E-state index in [0.29, 0.717) is 11.8 Å². The van der Waals surface area contributed by atoms with Gasteiger partial charge in [-0.2, -0.15) is 12.1 Å². The Bertz CT molecular complexity index is 1830. The number of aryl methyl sites for hydroxylation is 1. The van der Waals surface area contributed by atoms with E-state index in [1.54, 1.807) is 0 Å². The maximum absolute atomic E-state index is 4.93. The van der Waals surface area contributed by atoms with Crippen molar-refractivity contribution in [3.05, 3.63) is 131 Å². The van der Waals surface area contributed by atoms with Crippen LogP contribution in [0.1, 0.15) is 95.9 Å². The van der Waals surface area contributed by atoms with Gasteiger partial charge < -0.3 is 0 Å². The van der Waals surface area contributed by atoms with Gasteiger partial charge in [0.05, 0.1) is 0 Å². The van der Waals surface area contributed by atoms with E-state index in [4.69, 9.17) is 17.0 Å². The van der Waals surface area contributed by atoms with Gasteiger partial charge in [-0.1, -0.05) is 140 Å². The Morgan fingerprint density at radius 1 is 0.694 bits per heavy atom. The third-order valence-electron chi connectivity index (χ3n) is 9.12. The van der Waals surface area contributed by atoms with E-state index in [1.807, 2.05) is 0 Å². The topological polar surface area (TPSA) is 0 Å². The molecule has 0 bridgehead atoms. The summed E-state index contributed by atoms with van der Waals surface area (Å²) >= 11 is -0.826. The fraction of sp³-hybridized carbons (Fsp3) is 0.333. The molecule has 0 aliphatic carbocycles. The average molecular weight is 785 g/mol. The number of hydrogen-bond acceptors (Lipinski definition) is 0. The molecule has 0 spiro atoms. The van der Waals surface area contributed by atoms with Crippen molar-refractivity contribution in [2.45, 2.75) is 98.6 Å². The van der Waals surface area contributed by atoms with Crippen LogP contribution in [0.15, 0.2) is 109 Å². The van der Waals surface area contributed by atoms with Gasteiger partial charge in [0.25, 0.3) is 0 Å². The molecule has 0 aliphatic heterocycles. The number of halogens is 2. The summed E-state index contributed by atoms with van der Waals surface area (Å²) in [7, 11) is 11.0. The summed E-state index contributed by atoms with van der Waals surface area (Å²) < 4.78 is 0. The van der Waals surface area contributed by atoms with Gasteiger partial charge in [0.1, 0.15) is 0 Å². The van der Waals surface area contributed by atoms with Crippen molar-refractivity contribution < 1.29 is 20.8 Å². The SMILES string of the molecule is CC(C)c1cc2c(-c3ccc(C(C)(C)C)cc3)cccc2[cH-]1.CCc1cc2c(-c3ccc(C(C)CC)cc3)cccc2[cH-]1.C[Si]C.[Cl][Zr+2][Cl]. The molecule has 6 aromatic carbocycles. The first-order valence-corrected chi connectivity index (χ1v) is 25.9. The van der Waals surface area contributed by atoms with Crippen molar-refractivity contribution in [2.24, 2.45) is 0 Å². The minimum absolute atomic E-state index is 0.204. The summed E-state index contributed by atoms with van der Waals surface area (Å²) in [5.41, 5.74) is 11.2. The predicted molar refractivity (Wildman–Crippen MR) is 220 cm³/mol. The monoisotopic (exact) mass is 782 g/mol. The van der Waals surface area contributed by atoms with Crippen LogP contribution in [-0.2, 0) is 32.7 Å². The molecule has 0 fully saturated rings. The van der Waals surface area contributed by atoms with Gasteiger partial charge in [0.2, 0.25) is 0 Å². The van der Waals surface area contributed by atoms with Crippen LogP contribution in [0, 0.1) is 0 Å². The molecule has 1 unspecified atom stereocenters. The summed E-state index contributed by atoms with van der Waals surface area (Å²) in [6.07, 6.45) is 2.29. The quantitative estimate of drug-likeness (QED) is 0.117. The Kier molecular flexibility index (Phi) is 16.8. The Labute approximate surface area is 318 Å². The molecule has 49 heavy (non-hydrogen) atoms. The number of benzene rings is 4. The molecule has 4 heteroatoms. The van der Waals surface area contributed by atoms with E-state index in [0.717, 1.165) is 15.9 Å². The Hall–Kier alpha value is -2.22. The van der Waals surface area contributed by atoms with Gasteiger partial charge >= 0.3 is 37.9 Å². The molecule has 0 aliphatic rings. The zero-order valence-electron chi connectivity index (χ0n) is 31.2. The van der Waals surface area contributed by atoms with Gasteiger partial charge in [-0.15, -0.1) is 69.1 Å². The molecule has 0 nitrogen and oxygen atoms in total. The molecule has 2 radical (unpaired) electrons. The summed E-state index contributed by atoms with van der Waals surface area (Å²) in [5.74, 6) is 1.21. The van der Waals surface area contributed by atoms with E-state index < -0.39 is 20.8 Å². The van der Waals surface area contributed by atoms with Gasteiger partial charge in [-0.3, -0.25) is 0 Å². The number of hydrogen-bond donors (Lipinski definition) is 0. The second-order valence-electron chi connectivity index (χ2n) is 14.1. The van der Waals surface area contributed by atoms with Gasteiger partial charge in [0.15, 0.2) is 0 Å². The van der Waals surface area contributed by atoms with Crippen LogP contribution in [0.2, 0.25) is 13.1 Å². The molecule has 0 amide bonds. The maximum atomic E-state index is 4.93. The number of rotatable bonds is 6. The second-order valence-corrected chi connectivity index (χ2v) is 18.8. The molecule has 0 saturated carbocycles. The predicted octanol–water partition coefficient (Wildman–Crippen LogP) is 15.1. The molecular formula is C45H54Cl2SiZr. The zero-order valence-corrected chi connectivity index (χ0v) is 36.2. The summed E-state index contributed by atoms with van der Waals surface area (Å²) in [4.78, 5) is 0. The summed E-state index contributed by atoms with van der Waals surface area (Å²) in [6.45, 7) is 22.3. The van der Waals surface area contributed by atoms with Crippen molar-refractivity contribution in [1.82, 2.24) is 0 Å². The molecule has 6 aromatic rings. The third-order valence-corrected chi connectivity index (χ3v) is 9.12. The van der Waals surface area contributed by atoms with Crippen molar-refractivity contribution in [1.29, 1.82) is 0 Å². The van der Waals surface area contributed by atoms with E-state index in [-0.39, 0.29) is 5.41 Å². The molecule has 0 aromatic heterocycles. The standard InChI is InChI=1S/C22H25.C21H23.C2H6Si.2ClH.Zr/c1-15(2)18-13-17-7-6-8-20(21(17)14-18)16-9-11-19(12-10-16)22(3,4)5;1-4-15(3)17-9-11-18(12-10-17)20-8-6-7-19-13-16(5-2)14-21(19)20;1-3-2;;;/h6-15H,1-5H3;6-15H,4-5H2,1-3H3;1-2H3;2*1H;/q2*-1;;;;+4/p-2. The average Bonchev–Trinajstić information content (AvgIpc) is 3.74. The molecule has 0 heterocycles. The normalized spacial score (nSPS) is 11.5. The van der Waals surface area contributed by atoms with E-state index in [2.05, 4.69) is 178 Å². The molecule has 256 valence electrons. The van der Waals surface area contributed by atoms with Gasteiger partial charge in [-0.05, 0) is 52.3 Å². The minimum atomic E-state index is -0.826. The second kappa shape index (κ2) is 20.0. The van der Waals surface area contributed by atoms with Crippen molar-refractivity contribution in [3.63, 3.8) is 0 Å². The van der Waals surface area contributed by atoms with Crippen LogP contribution < -0.4 is 0 Å². The van der Waals surface area contributed by atoms with E-state index >= 15 is 0 Å². The molecular weight excluding hydrogens is 731 g/mol. The first-order chi connectivity index (χ1) is 23.4. The van der Waals surface area contributed by atoms with Gasteiger partial charge in [-0.25, -0.2) is 0 Å². The fourth-order valence-corrected chi connectivity index (χ4v) is 5.97. The van der Waals surface area contributed by atoms with Crippen LogP contribution in [0.5, 0.6) is 0 Å².